The average molecular weight is 615 g/mol. The molecule has 1 aliphatic heterocycles. The number of nitrogen functional groups attached to an aromatic ring is 1. The van der Waals surface area contributed by atoms with Crippen LogP contribution in [0.4, 0.5) is 5.82 Å². The van der Waals surface area contributed by atoms with E-state index in [1.54, 1.807) is 11.8 Å². The van der Waals surface area contributed by atoms with Crippen molar-refractivity contribution in [1.82, 2.24) is 30.7 Å². The zero-order valence-corrected chi connectivity index (χ0v) is 22.9. The van der Waals surface area contributed by atoms with Gasteiger partial charge in [0.1, 0.15) is 16.7 Å². The number of hydrogen-bond acceptors (Lipinski definition) is 12. The van der Waals surface area contributed by atoms with E-state index < -0.39 is 5.91 Å². The van der Waals surface area contributed by atoms with Gasteiger partial charge in [0, 0.05) is 21.5 Å². The molecule has 0 saturated carbocycles. The topological polar surface area (TPSA) is 159 Å². The Labute approximate surface area is 233 Å². The molecule has 2 aromatic heterocycles. The molecule has 0 aliphatic carbocycles. The molecule has 0 spiro atoms. The van der Waals surface area contributed by atoms with Crippen molar-refractivity contribution in [3.63, 3.8) is 0 Å². The van der Waals surface area contributed by atoms with Gasteiger partial charge in [-0.1, -0.05) is 68.9 Å². The van der Waals surface area contributed by atoms with Crippen molar-refractivity contribution < 1.29 is 14.2 Å². The number of hydrazone groups is 1. The van der Waals surface area contributed by atoms with Gasteiger partial charge in [-0.05, 0) is 40.1 Å². The Morgan fingerprint density at radius 3 is 2.87 bits per heavy atom. The minimum absolute atomic E-state index is 0.0263. The molecule has 2 aromatic carbocycles. The van der Waals surface area contributed by atoms with E-state index in [0.717, 1.165) is 26.7 Å². The lowest BCUT2D eigenvalue weighted by Gasteiger charge is -2.09. The first-order valence-corrected chi connectivity index (χ1v) is 14.0. The Morgan fingerprint density at radius 1 is 1.26 bits per heavy atom. The van der Waals surface area contributed by atoms with Crippen LogP contribution in [0.2, 0.25) is 0 Å². The van der Waals surface area contributed by atoms with Gasteiger partial charge >= 0.3 is 0 Å². The number of ether oxygens (including phenoxy) is 1. The van der Waals surface area contributed by atoms with Gasteiger partial charge in [0.2, 0.25) is 11.6 Å². The van der Waals surface area contributed by atoms with Crippen LogP contribution in [-0.4, -0.2) is 54.1 Å². The highest BCUT2D eigenvalue weighted by Gasteiger charge is 2.24. The molecule has 3 heterocycles. The number of aromatic nitrogens is 5. The Bertz CT molecular complexity index is 1490. The summed E-state index contributed by atoms with van der Waals surface area (Å²) in [6.07, 6.45) is 1.51. The molecule has 3 N–H and O–H groups in total. The largest absolute Gasteiger partial charge is 0.488 e. The number of benzene rings is 2. The molecule has 5 rings (SSSR count). The molecular formula is C23H20BrN9O3S2. The number of thioether (sulfide) groups is 2. The third kappa shape index (κ3) is 6.23. The number of nitrogens with two attached hydrogens (primary N) is 1. The van der Waals surface area contributed by atoms with Gasteiger partial charge in [-0.2, -0.15) is 9.78 Å². The van der Waals surface area contributed by atoms with Crippen molar-refractivity contribution >= 4 is 61.8 Å². The number of carbonyl (C=O) groups excluding carboxylic acids is 1. The van der Waals surface area contributed by atoms with Crippen LogP contribution < -0.4 is 15.9 Å². The average Bonchev–Trinajstić information content (AvgIpc) is 3.69. The molecule has 0 atom stereocenters. The van der Waals surface area contributed by atoms with Gasteiger partial charge in [-0.15, -0.1) is 5.10 Å². The number of amides is 1. The third-order valence-corrected chi connectivity index (χ3v) is 7.95. The Morgan fingerprint density at radius 2 is 2.11 bits per heavy atom. The van der Waals surface area contributed by atoms with Gasteiger partial charge in [0.25, 0.3) is 5.91 Å². The molecule has 0 fully saturated rings. The maximum atomic E-state index is 13.0. The van der Waals surface area contributed by atoms with Gasteiger partial charge in [0.05, 0.1) is 18.5 Å². The summed E-state index contributed by atoms with van der Waals surface area (Å²) in [7, 11) is 0. The number of carbonyl (C=O) groups is 1. The number of para-hydroxylation sites is 1. The highest BCUT2D eigenvalue weighted by Crippen LogP contribution is 2.27. The molecule has 12 nitrogen and oxygen atoms in total. The lowest BCUT2D eigenvalue weighted by Crippen LogP contribution is -2.20. The number of rotatable bonds is 9. The molecule has 38 heavy (non-hydrogen) atoms. The smallest absolute Gasteiger partial charge is 0.293 e. The standard InChI is InChI=1S/C23H20BrN9O3S2/c24-16-7-5-14(6-8-16)12-35-18-4-2-1-3-15(18)11-27-29-22(34)19-17(13-38-23-26-9-10-37-23)33(32-28-19)21-20(25)30-36-31-21/h1-8,11H,9-10,12-13H2,(H2,25,30)(H,29,34). The molecule has 0 saturated heterocycles. The van der Waals surface area contributed by atoms with Crippen LogP contribution in [0.15, 0.2) is 67.7 Å². The first-order chi connectivity index (χ1) is 18.6. The molecule has 1 amide bonds. The van der Waals surface area contributed by atoms with Crippen molar-refractivity contribution in [3.8, 4) is 11.6 Å². The van der Waals surface area contributed by atoms with Crippen molar-refractivity contribution in [3.05, 3.63) is 75.5 Å². The van der Waals surface area contributed by atoms with Crippen LogP contribution in [0.3, 0.4) is 0 Å². The van der Waals surface area contributed by atoms with E-state index in [9.17, 15) is 4.79 Å². The quantitative estimate of drug-likeness (QED) is 0.210. The van der Waals surface area contributed by atoms with Crippen molar-refractivity contribution in [2.75, 3.05) is 18.0 Å². The summed E-state index contributed by atoms with van der Waals surface area (Å²) in [5, 5.41) is 19.6. The Hall–Kier alpha value is -3.69. The normalized spacial score (nSPS) is 13.1. The number of halogens is 1. The maximum absolute atomic E-state index is 13.0. The SMILES string of the molecule is Nc1nonc1-n1nnc(C(=O)NN=Cc2ccccc2OCc2ccc(Br)cc2)c1CSC1=NCCS1. The second kappa shape index (κ2) is 12.2. The lowest BCUT2D eigenvalue weighted by atomic mass is 10.2. The van der Waals surface area contributed by atoms with E-state index in [1.165, 1.54) is 22.7 Å². The molecule has 0 bridgehead atoms. The van der Waals surface area contributed by atoms with Crippen LogP contribution in [0.5, 0.6) is 5.75 Å². The first-order valence-electron chi connectivity index (χ1n) is 11.2. The van der Waals surface area contributed by atoms with Crippen LogP contribution >= 0.6 is 39.5 Å². The first kappa shape index (κ1) is 25.9. The fourth-order valence-corrected chi connectivity index (χ4v) is 5.59. The van der Waals surface area contributed by atoms with Crippen LogP contribution in [0, 0.1) is 0 Å². The van der Waals surface area contributed by atoms with E-state index in [1.807, 2.05) is 48.5 Å². The van der Waals surface area contributed by atoms with Crippen LogP contribution in [0.1, 0.15) is 27.3 Å². The van der Waals surface area contributed by atoms with E-state index in [0.29, 0.717) is 29.4 Å². The van der Waals surface area contributed by atoms with Crippen LogP contribution in [-0.2, 0) is 12.4 Å². The Balaban J connectivity index is 1.30. The van der Waals surface area contributed by atoms with Crippen molar-refractivity contribution in [2.24, 2.45) is 10.1 Å². The summed E-state index contributed by atoms with van der Waals surface area (Å²) in [5.74, 6) is 1.53. The number of nitrogens with one attached hydrogen (secondary N) is 1. The number of anilines is 1. The molecule has 0 unspecified atom stereocenters. The van der Waals surface area contributed by atoms with E-state index in [4.69, 9.17) is 15.1 Å². The highest BCUT2D eigenvalue weighted by atomic mass is 79.9. The zero-order chi connectivity index (χ0) is 26.3. The second-order valence-electron chi connectivity index (χ2n) is 7.71. The molecule has 1 aliphatic rings. The van der Waals surface area contributed by atoms with Crippen molar-refractivity contribution in [2.45, 2.75) is 12.4 Å². The molecule has 4 aromatic rings. The summed E-state index contributed by atoms with van der Waals surface area (Å²) in [5.41, 5.74) is 10.6. The maximum Gasteiger partial charge on any atom is 0.293 e. The summed E-state index contributed by atoms with van der Waals surface area (Å²) in [4.78, 5) is 17.5. The summed E-state index contributed by atoms with van der Waals surface area (Å²) in [6.45, 7) is 1.15. The monoisotopic (exact) mass is 613 g/mol. The fourth-order valence-electron chi connectivity index (χ4n) is 3.32. The predicted molar refractivity (Wildman–Crippen MR) is 150 cm³/mol. The third-order valence-electron chi connectivity index (χ3n) is 5.16. The number of aliphatic imine (C=N–C) groups is 1. The van der Waals surface area contributed by atoms with Gasteiger partial charge in [-0.25, -0.2) is 10.1 Å². The molecule has 0 radical (unpaired) electrons. The number of nitrogens with zero attached hydrogens (tertiary/aromatic N) is 7. The van der Waals surface area contributed by atoms with E-state index in [2.05, 4.69) is 52.1 Å². The molecule has 15 heteroatoms. The minimum Gasteiger partial charge on any atom is -0.488 e. The predicted octanol–water partition coefficient (Wildman–Crippen LogP) is 3.67. The Kier molecular flexibility index (Phi) is 8.35. The van der Waals surface area contributed by atoms with E-state index >= 15 is 0 Å². The molecular weight excluding hydrogens is 594 g/mol. The fraction of sp³-hybridized carbons (Fsp3) is 0.174. The van der Waals surface area contributed by atoms with Gasteiger partial charge < -0.3 is 10.5 Å². The summed E-state index contributed by atoms with van der Waals surface area (Å²) in [6, 6.07) is 15.3. The van der Waals surface area contributed by atoms with Gasteiger partial charge in [-0.3, -0.25) is 9.79 Å². The van der Waals surface area contributed by atoms with Gasteiger partial charge in [0.15, 0.2) is 5.69 Å². The second-order valence-corrected chi connectivity index (χ2v) is 10.9. The minimum atomic E-state index is -0.549. The summed E-state index contributed by atoms with van der Waals surface area (Å²) >= 11 is 6.55. The van der Waals surface area contributed by atoms with Crippen LogP contribution in [0.25, 0.3) is 5.82 Å². The highest BCUT2D eigenvalue weighted by molar-refractivity contribution is 9.10. The zero-order valence-electron chi connectivity index (χ0n) is 19.7. The van der Waals surface area contributed by atoms with Crippen molar-refractivity contribution in [1.29, 1.82) is 0 Å². The number of hydrogen-bond donors (Lipinski definition) is 2. The lowest BCUT2D eigenvalue weighted by molar-refractivity contribution is 0.0949. The molecule has 194 valence electrons. The summed E-state index contributed by atoms with van der Waals surface area (Å²) < 4.78 is 13.9. The van der Waals surface area contributed by atoms with E-state index in [-0.39, 0.29) is 17.3 Å².